The number of hydrogen-bond donors (Lipinski definition) is 4. The normalized spacial score (nSPS) is 24.4. The third-order valence-corrected chi connectivity index (χ3v) is 7.64. The molecule has 1 fully saturated rings. The number of nitrogens with zero attached hydrogens (tertiary/aromatic N) is 4. The number of carbonyl (C=O) groups is 1. The van der Waals surface area contributed by atoms with Gasteiger partial charge in [-0.05, 0) is 45.0 Å². The van der Waals surface area contributed by atoms with Gasteiger partial charge in [-0.1, -0.05) is 18.2 Å². The molecule has 14 nitrogen and oxygen atoms in total. The number of nitriles is 1. The number of fused-ring (bicyclic) bond motifs is 1. The summed E-state index contributed by atoms with van der Waals surface area (Å²) in [5.74, 6) is -0.0777. The zero-order valence-corrected chi connectivity index (χ0v) is 23.0. The van der Waals surface area contributed by atoms with Crippen molar-refractivity contribution in [3.05, 3.63) is 54.5 Å². The lowest BCUT2D eigenvalue weighted by Gasteiger charge is -2.27. The monoisotopic (exact) mass is 574 g/mol. The van der Waals surface area contributed by atoms with Crippen molar-refractivity contribution in [2.45, 2.75) is 44.7 Å². The van der Waals surface area contributed by atoms with E-state index in [1.165, 1.54) is 10.8 Å². The number of nitrogens with two attached hydrogens (primary N) is 1. The number of ether oxygens (including phenoxy) is 2. The van der Waals surface area contributed by atoms with Gasteiger partial charge in [0, 0.05) is 6.54 Å². The van der Waals surface area contributed by atoms with E-state index in [4.69, 9.17) is 24.3 Å². The summed E-state index contributed by atoms with van der Waals surface area (Å²) in [6, 6.07) is 13.2. The number of hydrogen-bond acceptors (Lipinski definition) is 12. The summed E-state index contributed by atoms with van der Waals surface area (Å²) < 4.78 is 37.3. The van der Waals surface area contributed by atoms with Crippen LogP contribution in [0.15, 0.2) is 48.8 Å². The molecule has 3 heterocycles. The van der Waals surface area contributed by atoms with Gasteiger partial charge in [0.1, 0.15) is 55.2 Å². The summed E-state index contributed by atoms with van der Waals surface area (Å²) in [6.07, 6.45) is -3.33. The molecule has 0 amide bonds. The number of benzene rings is 1. The van der Waals surface area contributed by atoms with Crippen LogP contribution in [0.4, 0.5) is 5.82 Å². The molecule has 1 aromatic carbocycles. The van der Waals surface area contributed by atoms with E-state index in [-0.39, 0.29) is 24.7 Å². The van der Waals surface area contributed by atoms with Crippen LogP contribution in [-0.2, 0) is 23.4 Å². The van der Waals surface area contributed by atoms with E-state index in [9.17, 15) is 24.8 Å². The first-order valence-electron chi connectivity index (χ1n) is 12.3. The Morgan fingerprint density at radius 3 is 2.67 bits per heavy atom. The van der Waals surface area contributed by atoms with Gasteiger partial charge in [0.15, 0.2) is 5.82 Å². The highest BCUT2D eigenvalue weighted by molar-refractivity contribution is 7.52. The number of carbonyl (C=O) groups excluding carboxylic acids is 1. The highest BCUT2D eigenvalue weighted by Crippen LogP contribution is 2.48. The number of aliphatic hydroxyl groups excluding tert-OH is 2. The van der Waals surface area contributed by atoms with E-state index >= 15 is 0 Å². The summed E-state index contributed by atoms with van der Waals surface area (Å²) in [6.45, 7) is 4.09. The Morgan fingerprint density at radius 1 is 1.27 bits per heavy atom. The molecule has 1 aliphatic rings. The fraction of sp³-hybridized carbons (Fsp3) is 0.440. The molecule has 0 radical (unpaired) electrons. The molecule has 0 bridgehead atoms. The van der Waals surface area contributed by atoms with Gasteiger partial charge in [-0.2, -0.15) is 10.4 Å². The molecule has 2 aromatic heterocycles. The van der Waals surface area contributed by atoms with E-state index in [2.05, 4.69) is 15.2 Å². The third kappa shape index (κ3) is 6.10. The van der Waals surface area contributed by atoms with Gasteiger partial charge in [0.05, 0.1) is 11.1 Å². The molecular formula is C25H31N6O8P. The summed E-state index contributed by atoms with van der Waals surface area (Å²) in [7, 11) is -4.23. The summed E-state index contributed by atoms with van der Waals surface area (Å²) >= 11 is 0. The van der Waals surface area contributed by atoms with Crippen LogP contribution < -0.4 is 15.3 Å². The first-order valence-corrected chi connectivity index (χ1v) is 13.9. The largest absolute Gasteiger partial charge is 0.464 e. The molecule has 3 aromatic rings. The second-order valence-electron chi connectivity index (χ2n) is 10.1. The molecule has 5 N–H and O–H groups in total. The Balaban J connectivity index is 1.52. The van der Waals surface area contributed by atoms with Gasteiger partial charge >= 0.3 is 13.7 Å². The minimum Gasteiger partial charge on any atom is -0.464 e. The number of nitrogen functional groups attached to an aromatic ring is 1. The van der Waals surface area contributed by atoms with Crippen molar-refractivity contribution >= 4 is 25.1 Å². The van der Waals surface area contributed by atoms with Gasteiger partial charge in [-0.15, -0.1) is 0 Å². The highest BCUT2D eigenvalue weighted by atomic mass is 31.2. The Kier molecular flexibility index (Phi) is 8.46. The fourth-order valence-corrected chi connectivity index (χ4v) is 5.26. The standard InChI is InChI=1S/C25H31N6O8P/c1-24(2,3)23(34)36-12-11-30-40(35,39-16-7-5-4-6-8-16)37-14-25(13-26)21(33)19(32)20(38-25)17-9-10-18-22(27)28-15-29-31(17)18/h4-10,15,19-21,32-33H,11-12,14H2,1-3H3,(H,30,35)(H2,27,28,29)/t19-,20-,21-,25+,40-/m0/s1. The summed E-state index contributed by atoms with van der Waals surface area (Å²) in [4.78, 5) is 16.0. The van der Waals surface area contributed by atoms with Gasteiger partial charge in [-0.3, -0.25) is 9.32 Å². The molecular weight excluding hydrogens is 543 g/mol. The Hall–Kier alpha value is -3.57. The number of aromatic nitrogens is 3. The van der Waals surface area contributed by atoms with Gasteiger partial charge in [0.2, 0.25) is 5.60 Å². The first-order chi connectivity index (χ1) is 18.9. The van der Waals surface area contributed by atoms with Crippen molar-refractivity contribution in [1.29, 1.82) is 5.26 Å². The van der Waals surface area contributed by atoms with Crippen LogP contribution in [-0.4, -0.2) is 68.3 Å². The summed E-state index contributed by atoms with van der Waals surface area (Å²) in [5, 5.41) is 38.5. The number of nitrogens with one attached hydrogen (secondary N) is 1. The maximum atomic E-state index is 13.7. The first kappa shape index (κ1) is 29.4. The zero-order chi connectivity index (χ0) is 29.1. The molecule has 4 rings (SSSR count). The molecule has 1 aliphatic heterocycles. The molecule has 5 atom stereocenters. The van der Waals surface area contributed by atoms with Crippen LogP contribution in [0, 0.1) is 16.7 Å². The van der Waals surface area contributed by atoms with E-state index in [0.29, 0.717) is 11.2 Å². The number of para-hydroxylation sites is 1. The maximum absolute atomic E-state index is 13.7. The maximum Gasteiger partial charge on any atom is 0.458 e. The number of esters is 1. The predicted octanol–water partition coefficient (Wildman–Crippen LogP) is 1.75. The SMILES string of the molecule is CC(C)(C)C(=O)OCCN[P@](=O)(OC[C@@]1(C#N)O[C@@H](c2ccc3c(N)ncnn23)[C@H](O)[C@@H]1O)Oc1ccccc1. The predicted molar refractivity (Wildman–Crippen MR) is 141 cm³/mol. The van der Waals surface area contributed by atoms with Crippen molar-refractivity contribution < 1.29 is 38.1 Å². The topological polar surface area (TPSA) is 204 Å². The van der Waals surface area contributed by atoms with Crippen LogP contribution in [0.5, 0.6) is 5.75 Å². The number of anilines is 1. The molecule has 0 unspecified atom stereocenters. The molecule has 40 heavy (non-hydrogen) atoms. The smallest absolute Gasteiger partial charge is 0.458 e. The van der Waals surface area contributed by atoms with Crippen LogP contribution in [0.1, 0.15) is 32.6 Å². The average molecular weight is 575 g/mol. The number of rotatable bonds is 10. The van der Waals surface area contributed by atoms with Crippen molar-refractivity contribution in [2.75, 3.05) is 25.5 Å². The van der Waals surface area contributed by atoms with Crippen molar-refractivity contribution in [3.8, 4) is 11.8 Å². The molecule has 0 spiro atoms. The van der Waals surface area contributed by atoms with Crippen LogP contribution in [0.3, 0.4) is 0 Å². The molecule has 0 aliphatic carbocycles. The third-order valence-electron chi connectivity index (χ3n) is 6.11. The fourth-order valence-electron chi connectivity index (χ4n) is 3.92. The van der Waals surface area contributed by atoms with Crippen molar-refractivity contribution in [2.24, 2.45) is 5.41 Å². The van der Waals surface area contributed by atoms with E-state index in [1.807, 2.05) is 6.07 Å². The molecule has 214 valence electrons. The Bertz CT molecular complexity index is 1440. The molecule has 1 saturated heterocycles. The molecule has 15 heteroatoms. The second-order valence-corrected chi connectivity index (χ2v) is 11.9. The van der Waals surface area contributed by atoms with Crippen molar-refractivity contribution in [1.82, 2.24) is 19.7 Å². The second kappa shape index (κ2) is 11.5. The Morgan fingerprint density at radius 2 is 2.00 bits per heavy atom. The Labute approximate surface area is 230 Å². The van der Waals surface area contributed by atoms with Gasteiger partial charge in [0.25, 0.3) is 0 Å². The van der Waals surface area contributed by atoms with Crippen LogP contribution >= 0.6 is 7.75 Å². The van der Waals surface area contributed by atoms with E-state index in [0.717, 1.165) is 0 Å². The van der Waals surface area contributed by atoms with E-state index in [1.54, 1.807) is 63.2 Å². The summed E-state index contributed by atoms with van der Waals surface area (Å²) in [5.41, 5.74) is 3.75. The minimum absolute atomic E-state index is 0.114. The average Bonchev–Trinajstić information content (AvgIpc) is 3.46. The minimum atomic E-state index is -4.23. The van der Waals surface area contributed by atoms with E-state index < -0.39 is 49.7 Å². The van der Waals surface area contributed by atoms with Gasteiger partial charge < -0.3 is 29.9 Å². The zero-order valence-electron chi connectivity index (χ0n) is 22.1. The highest BCUT2D eigenvalue weighted by Gasteiger charge is 2.57. The van der Waals surface area contributed by atoms with Crippen LogP contribution in [0.25, 0.3) is 5.52 Å². The molecule has 0 saturated carbocycles. The van der Waals surface area contributed by atoms with Crippen molar-refractivity contribution in [3.63, 3.8) is 0 Å². The number of aliphatic hydroxyl groups is 2. The lowest BCUT2D eigenvalue weighted by Crippen LogP contribution is -2.46. The van der Waals surface area contributed by atoms with Gasteiger partial charge in [-0.25, -0.2) is 19.2 Å². The lowest BCUT2D eigenvalue weighted by atomic mass is 9.96. The van der Waals surface area contributed by atoms with Crippen LogP contribution in [0.2, 0.25) is 0 Å². The quantitative estimate of drug-likeness (QED) is 0.155. The lowest BCUT2D eigenvalue weighted by molar-refractivity contribution is -0.152.